The van der Waals surface area contributed by atoms with E-state index in [1.165, 1.54) is 12.1 Å². The van der Waals surface area contributed by atoms with Crippen LogP contribution < -0.4 is 4.72 Å². The second-order valence-electron chi connectivity index (χ2n) is 3.29. The van der Waals surface area contributed by atoms with Gasteiger partial charge in [0, 0.05) is 8.95 Å². The molecular weight excluding hydrogens is 390 g/mol. The third kappa shape index (κ3) is 3.82. The molecule has 0 fully saturated rings. The van der Waals surface area contributed by atoms with Crippen LogP contribution in [0.15, 0.2) is 33.7 Å². The minimum absolute atomic E-state index is 0.00690. The summed E-state index contributed by atoms with van der Waals surface area (Å²) in [6, 6.07) is 2.87. The van der Waals surface area contributed by atoms with Gasteiger partial charge in [0.1, 0.15) is 0 Å². The molecule has 1 aromatic rings. The number of carbonyl (C=O) groups is 1. The van der Waals surface area contributed by atoms with Gasteiger partial charge in [0.2, 0.25) is 10.0 Å². The smallest absolute Gasteiger partial charge is 0.337 e. The van der Waals surface area contributed by atoms with E-state index in [-0.39, 0.29) is 17.0 Å². The van der Waals surface area contributed by atoms with Gasteiger partial charge in [-0.3, -0.25) is 4.72 Å². The van der Waals surface area contributed by atoms with Gasteiger partial charge in [0.15, 0.2) is 0 Å². The minimum atomic E-state index is -3.65. The highest BCUT2D eigenvalue weighted by atomic mass is 79.9. The molecule has 1 aromatic carbocycles. The molecule has 0 saturated heterocycles. The molecule has 0 aliphatic carbocycles. The van der Waals surface area contributed by atoms with E-state index >= 15 is 0 Å². The van der Waals surface area contributed by atoms with Crippen LogP contribution in [-0.4, -0.2) is 25.2 Å². The lowest BCUT2D eigenvalue weighted by Gasteiger charge is -2.12. The van der Waals surface area contributed by atoms with Gasteiger partial charge in [-0.05, 0) is 28.1 Å². The molecule has 0 aliphatic rings. The Morgan fingerprint density at radius 2 is 2.06 bits per heavy atom. The van der Waals surface area contributed by atoms with E-state index in [0.29, 0.717) is 8.95 Å². The predicted octanol–water partition coefficient (Wildman–Crippen LogP) is 2.84. The number of rotatable bonds is 5. The number of sulfonamides is 1. The second-order valence-corrected chi connectivity index (χ2v) is 6.82. The Bertz CT molecular complexity index is 598. The molecule has 98 valence electrons. The van der Waals surface area contributed by atoms with Crippen LogP contribution in [0.4, 0.5) is 5.69 Å². The van der Waals surface area contributed by atoms with Crippen LogP contribution in [0, 0.1) is 0 Å². The number of carboxylic acid groups (broad SMARTS) is 1. The molecule has 8 heteroatoms. The fourth-order valence-corrected chi connectivity index (χ4v) is 3.58. The van der Waals surface area contributed by atoms with Crippen molar-refractivity contribution in [3.8, 4) is 0 Å². The Labute approximate surface area is 121 Å². The average molecular weight is 399 g/mol. The first-order chi connectivity index (χ1) is 8.26. The first-order valence-electron chi connectivity index (χ1n) is 4.60. The summed E-state index contributed by atoms with van der Waals surface area (Å²) in [7, 11) is -3.65. The molecule has 0 spiro atoms. The SMILES string of the molecule is C=CCS(=O)(=O)Nc1c(Br)cc(Br)cc1C(=O)O. The van der Waals surface area contributed by atoms with Gasteiger partial charge in [-0.15, -0.1) is 6.58 Å². The zero-order valence-electron chi connectivity index (χ0n) is 8.98. The van der Waals surface area contributed by atoms with Crippen molar-refractivity contribution in [2.75, 3.05) is 10.5 Å². The van der Waals surface area contributed by atoms with E-state index in [4.69, 9.17) is 5.11 Å². The molecular formula is C10H9Br2NO4S. The third-order valence-corrected chi connectivity index (χ3v) is 4.15. The number of benzene rings is 1. The Balaban J connectivity index is 3.32. The van der Waals surface area contributed by atoms with Crippen molar-refractivity contribution >= 4 is 53.5 Å². The lowest BCUT2D eigenvalue weighted by Crippen LogP contribution is -2.18. The fraction of sp³-hybridized carbons (Fsp3) is 0.100. The van der Waals surface area contributed by atoms with Gasteiger partial charge in [-0.25, -0.2) is 13.2 Å². The van der Waals surface area contributed by atoms with E-state index < -0.39 is 16.0 Å². The number of hydrogen-bond donors (Lipinski definition) is 2. The van der Waals surface area contributed by atoms with Gasteiger partial charge in [0.05, 0.1) is 17.0 Å². The van der Waals surface area contributed by atoms with Gasteiger partial charge in [0.25, 0.3) is 0 Å². The van der Waals surface area contributed by atoms with Gasteiger partial charge < -0.3 is 5.11 Å². The maximum absolute atomic E-state index is 11.6. The Morgan fingerprint density at radius 1 is 1.44 bits per heavy atom. The van der Waals surface area contributed by atoms with E-state index in [0.717, 1.165) is 0 Å². The minimum Gasteiger partial charge on any atom is -0.478 e. The Morgan fingerprint density at radius 3 is 2.56 bits per heavy atom. The molecule has 0 heterocycles. The van der Waals surface area contributed by atoms with Crippen molar-refractivity contribution in [2.45, 2.75) is 0 Å². The van der Waals surface area contributed by atoms with Crippen LogP contribution in [0.3, 0.4) is 0 Å². The highest BCUT2D eigenvalue weighted by Crippen LogP contribution is 2.31. The number of hydrogen-bond acceptors (Lipinski definition) is 3. The molecule has 0 atom stereocenters. The monoisotopic (exact) mass is 397 g/mol. The van der Waals surface area contributed by atoms with Crippen LogP contribution in [0.25, 0.3) is 0 Å². The predicted molar refractivity (Wildman–Crippen MR) is 76.4 cm³/mol. The van der Waals surface area contributed by atoms with E-state index in [1.54, 1.807) is 6.07 Å². The molecule has 1 rings (SSSR count). The molecule has 0 saturated carbocycles. The highest BCUT2D eigenvalue weighted by molar-refractivity contribution is 9.11. The summed E-state index contributed by atoms with van der Waals surface area (Å²) in [4.78, 5) is 11.1. The summed E-state index contributed by atoms with van der Waals surface area (Å²) in [6.07, 6.45) is 1.22. The second kappa shape index (κ2) is 5.85. The maximum atomic E-state index is 11.6. The van der Waals surface area contributed by atoms with Crippen molar-refractivity contribution in [3.05, 3.63) is 39.3 Å². The average Bonchev–Trinajstić information content (AvgIpc) is 2.21. The largest absolute Gasteiger partial charge is 0.478 e. The first-order valence-corrected chi connectivity index (χ1v) is 7.84. The zero-order chi connectivity index (χ0) is 13.9. The van der Waals surface area contributed by atoms with Crippen molar-refractivity contribution in [2.24, 2.45) is 0 Å². The van der Waals surface area contributed by atoms with Gasteiger partial charge >= 0.3 is 5.97 Å². The van der Waals surface area contributed by atoms with Gasteiger partial charge in [-0.2, -0.15) is 0 Å². The van der Waals surface area contributed by atoms with Crippen molar-refractivity contribution in [3.63, 3.8) is 0 Å². The molecule has 0 bridgehead atoms. The summed E-state index contributed by atoms with van der Waals surface area (Å²) in [5, 5.41) is 9.04. The van der Waals surface area contributed by atoms with Crippen LogP contribution in [0.5, 0.6) is 0 Å². The summed E-state index contributed by atoms with van der Waals surface area (Å²) < 4.78 is 26.3. The molecule has 5 nitrogen and oxygen atoms in total. The van der Waals surface area contributed by atoms with E-state index in [9.17, 15) is 13.2 Å². The highest BCUT2D eigenvalue weighted by Gasteiger charge is 2.19. The summed E-state index contributed by atoms with van der Waals surface area (Å²) in [5.74, 6) is -1.53. The fourth-order valence-electron chi connectivity index (χ4n) is 1.20. The summed E-state index contributed by atoms with van der Waals surface area (Å²) in [5.41, 5.74) is -0.156. The molecule has 0 aliphatic heterocycles. The van der Waals surface area contributed by atoms with Crippen LogP contribution >= 0.6 is 31.9 Å². The number of aromatic carboxylic acids is 1. The number of halogens is 2. The Hall–Kier alpha value is -0.860. The summed E-state index contributed by atoms with van der Waals surface area (Å²) in [6.45, 7) is 3.33. The van der Waals surface area contributed by atoms with Crippen molar-refractivity contribution < 1.29 is 18.3 Å². The molecule has 0 amide bonds. The van der Waals surface area contributed by atoms with Gasteiger partial charge in [-0.1, -0.05) is 22.0 Å². The number of nitrogens with one attached hydrogen (secondary N) is 1. The van der Waals surface area contributed by atoms with E-state index in [2.05, 4.69) is 43.2 Å². The topological polar surface area (TPSA) is 83.5 Å². The van der Waals surface area contributed by atoms with Crippen molar-refractivity contribution in [1.82, 2.24) is 0 Å². The lowest BCUT2D eigenvalue weighted by atomic mass is 10.2. The zero-order valence-corrected chi connectivity index (χ0v) is 13.0. The van der Waals surface area contributed by atoms with Crippen LogP contribution in [0.2, 0.25) is 0 Å². The third-order valence-electron chi connectivity index (χ3n) is 1.88. The molecule has 18 heavy (non-hydrogen) atoms. The molecule has 0 aromatic heterocycles. The van der Waals surface area contributed by atoms with Crippen LogP contribution in [-0.2, 0) is 10.0 Å². The number of carboxylic acids is 1. The summed E-state index contributed by atoms with van der Waals surface area (Å²) >= 11 is 6.26. The number of anilines is 1. The van der Waals surface area contributed by atoms with Crippen molar-refractivity contribution in [1.29, 1.82) is 0 Å². The maximum Gasteiger partial charge on any atom is 0.337 e. The quantitative estimate of drug-likeness (QED) is 0.747. The molecule has 0 unspecified atom stereocenters. The standard InChI is InChI=1S/C10H9Br2NO4S/c1-2-3-18(16,17)13-9-7(10(14)15)4-6(11)5-8(9)12/h2,4-5,13H,1,3H2,(H,14,15). The molecule has 2 N–H and O–H groups in total. The van der Waals surface area contributed by atoms with E-state index in [1.807, 2.05) is 0 Å². The lowest BCUT2D eigenvalue weighted by molar-refractivity contribution is 0.0698. The Kier molecular flexibility index (Phi) is 4.94. The first kappa shape index (κ1) is 15.2. The normalized spacial score (nSPS) is 11.0. The van der Waals surface area contributed by atoms with Crippen LogP contribution in [0.1, 0.15) is 10.4 Å². The molecule has 0 radical (unpaired) electrons.